The van der Waals surface area contributed by atoms with Gasteiger partial charge in [-0.1, -0.05) is 6.07 Å². The number of hydrogen-bond donors (Lipinski definition) is 4. The van der Waals surface area contributed by atoms with Crippen molar-refractivity contribution in [3.8, 4) is 0 Å². The van der Waals surface area contributed by atoms with Crippen LogP contribution in [0, 0.1) is 17.1 Å². The molecule has 0 aliphatic carbocycles. The number of halogens is 1. The van der Waals surface area contributed by atoms with Crippen molar-refractivity contribution in [3.05, 3.63) is 35.6 Å². The SMILES string of the molecule is N=C(C(=O)CN)C(CCNC(=O)c1cccc(F)c1)C(=O)O. The zero-order chi connectivity index (χ0) is 16.7. The maximum Gasteiger partial charge on any atom is 0.312 e. The summed E-state index contributed by atoms with van der Waals surface area (Å²) in [6.07, 6.45) is -0.138. The zero-order valence-corrected chi connectivity index (χ0v) is 11.6. The number of carbonyl (C=O) groups is 3. The number of rotatable bonds is 8. The quantitative estimate of drug-likeness (QED) is 0.509. The number of hydrogen-bond acceptors (Lipinski definition) is 5. The molecule has 0 aromatic heterocycles. The van der Waals surface area contributed by atoms with E-state index in [0.717, 1.165) is 6.07 Å². The smallest absolute Gasteiger partial charge is 0.312 e. The second-order valence-electron chi connectivity index (χ2n) is 4.49. The van der Waals surface area contributed by atoms with Gasteiger partial charge in [-0.25, -0.2) is 4.39 Å². The number of nitrogens with two attached hydrogens (primary N) is 1. The molecule has 0 fully saturated rings. The van der Waals surface area contributed by atoms with Gasteiger partial charge in [-0.2, -0.15) is 0 Å². The maximum atomic E-state index is 13.0. The lowest BCUT2D eigenvalue weighted by molar-refractivity contribution is -0.140. The number of carboxylic acids is 1. The Bertz CT molecular complexity index is 604. The summed E-state index contributed by atoms with van der Waals surface area (Å²) in [5, 5.41) is 18.9. The van der Waals surface area contributed by atoms with E-state index in [1.54, 1.807) is 0 Å². The first kappa shape index (κ1) is 17.4. The molecule has 1 unspecified atom stereocenters. The lowest BCUT2D eigenvalue weighted by Gasteiger charge is -2.13. The van der Waals surface area contributed by atoms with Gasteiger partial charge in [0.05, 0.1) is 12.3 Å². The monoisotopic (exact) mass is 309 g/mol. The fraction of sp³-hybridized carbons (Fsp3) is 0.286. The summed E-state index contributed by atoms with van der Waals surface area (Å²) >= 11 is 0. The number of aliphatic carboxylic acids is 1. The van der Waals surface area contributed by atoms with Crippen LogP contribution in [-0.4, -0.2) is 41.6 Å². The van der Waals surface area contributed by atoms with E-state index < -0.39 is 41.7 Å². The number of nitrogens with one attached hydrogen (secondary N) is 2. The molecule has 1 aromatic carbocycles. The van der Waals surface area contributed by atoms with Crippen LogP contribution in [0.1, 0.15) is 16.8 Å². The van der Waals surface area contributed by atoms with Gasteiger partial charge >= 0.3 is 5.97 Å². The minimum absolute atomic E-state index is 0.0768. The van der Waals surface area contributed by atoms with Gasteiger partial charge in [0.15, 0.2) is 5.78 Å². The molecule has 0 aliphatic heterocycles. The van der Waals surface area contributed by atoms with Crippen LogP contribution in [0.3, 0.4) is 0 Å². The number of Topliss-reactive ketones (excluding diaryl/α,β-unsaturated/α-hetero) is 1. The minimum Gasteiger partial charge on any atom is -0.481 e. The fourth-order valence-corrected chi connectivity index (χ4v) is 1.76. The van der Waals surface area contributed by atoms with E-state index in [1.807, 2.05) is 0 Å². The van der Waals surface area contributed by atoms with Crippen molar-refractivity contribution in [2.24, 2.45) is 11.7 Å². The van der Waals surface area contributed by atoms with Gasteiger partial charge in [-0.15, -0.1) is 0 Å². The largest absolute Gasteiger partial charge is 0.481 e. The lowest BCUT2D eigenvalue weighted by Crippen LogP contribution is -2.36. The summed E-state index contributed by atoms with van der Waals surface area (Å²) in [5.74, 6) is -4.58. The van der Waals surface area contributed by atoms with Crippen LogP contribution in [0.25, 0.3) is 0 Å². The van der Waals surface area contributed by atoms with Gasteiger partial charge in [-0.3, -0.25) is 14.4 Å². The molecule has 0 radical (unpaired) electrons. The summed E-state index contributed by atoms with van der Waals surface area (Å²) < 4.78 is 13.0. The van der Waals surface area contributed by atoms with E-state index in [1.165, 1.54) is 18.2 Å². The van der Waals surface area contributed by atoms with Crippen molar-refractivity contribution in [1.29, 1.82) is 5.41 Å². The number of carbonyl (C=O) groups excluding carboxylic acids is 2. The Labute approximate surface area is 125 Å². The molecular formula is C14H16FN3O4. The van der Waals surface area contributed by atoms with Crippen LogP contribution in [0.5, 0.6) is 0 Å². The molecule has 5 N–H and O–H groups in total. The number of ketones is 1. The summed E-state index contributed by atoms with van der Waals surface area (Å²) in [4.78, 5) is 34.1. The lowest BCUT2D eigenvalue weighted by atomic mass is 9.96. The van der Waals surface area contributed by atoms with Gasteiger partial charge in [0, 0.05) is 12.1 Å². The zero-order valence-electron chi connectivity index (χ0n) is 11.6. The van der Waals surface area contributed by atoms with Crippen molar-refractivity contribution < 1.29 is 23.9 Å². The predicted molar refractivity (Wildman–Crippen MR) is 76.3 cm³/mol. The molecule has 22 heavy (non-hydrogen) atoms. The van der Waals surface area contributed by atoms with Gasteiger partial charge in [0.1, 0.15) is 11.7 Å². The summed E-state index contributed by atoms with van der Waals surface area (Å²) in [6.45, 7) is -0.523. The number of carboxylic acid groups (broad SMARTS) is 1. The third kappa shape index (κ3) is 4.74. The van der Waals surface area contributed by atoms with Crippen LogP contribution in [0.15, 0.2) is 24.3 Å². The normalized spacial score (nSPS) is 11.5. The van der Waals surface area contributed by atoms with E-state index >= 15 is 0 Å². The molecule has 7 nitrogen and oxygen atoms in total. The Balaban J connectivity index is 2.60. The van der Waals surface area contributed by atoms with E-state index in [4.69, 9.17) is 16.2 Å². The molecule has 1 rings (SSSR count). The van der Waals surface area contributed by atoms with Crippen LogP contribution in [-0.2, 0) is 9.59 Å². The first-order valence-corrected chi connectivity index (χ1v) is 6.45. The molecule has 0 bridgehead atoms. The van der Waals surface area contributed by atoms with Gasteiger partial charge < -0.3 is 21.6 Å². The van der Waals surface area contributed by atoms with E-state index in [2.05, 4.69) is 5.32 Å². The average Bonchev–Trinajstić information content (AvgIpc) is 2.49. The van der Waals surface area contributed by atoms with E-state index in [-0.39, 0.29) is 18.5 Å². The second-order valence-corrected chi connectivity index (χ2v) is 4.49. The third-order valence-corrected chi connectivity index (χ3v) is 2.94. The second kappa shape index (κ2) is 7.99. The highest BCUT2D eigenvalue weighted by Gasteiger charge is 2.26. The van der Waals surface area contributed by atoms with Crippen molar-refractivity contribution in [1.82, 2.24) is 5.32 Å². The van der Waals surface area contributed by atoms with Crippen molar-refractivity contribution in [2.45, 2.75) is 6.42 Å². The number of amides is 1. The summed E-state index contributed by atoms with van der Waals surface area (Å²) in [7, 11) is 0. The molecule has 118 valence electrons. The Hall–Kier alpha value is -2.61. The van der Waals surface area contributed by atoms with Crippen LogP contribution >= 0.6 is 0 Å². The van der Waals surface area contributed by atoms with Crippen molar-refractivity contribution in [2.75, 3.05) is 13.1 Å². The van der Waals surface area contributed by atoms with Gasteiger partial charge in [0.2, 0.25) is 0 Å². The van der Waals surface area contributed by atoms with E-state index in [9.17, 15) is 18.8 Å². The van der Waals surface area contributed by atoms with Crippen LogP contribution in [0.2, 0.25) is 0 Å². The molecule has 1 atom stereocenters. The highest BCUT2D eigenvalue weighted by atomic mass is 19.1. The maximum absolute atomic E-state index is 13.0. The van der Waals surface area contributed by atoms with E-state index in [0.29, 0.717) is 0 Å². The molecule has 0 heterocycles. The third-order valence-electron chi connectivity index (χ3n) is 2.94. The summed E-state index contributed by atoms with van der Waals surface area (Å²) in [5.41, 5.74) is 4.58. The minimum atomic E-state index is -1.34. The molecule has 0 saturated carbocycles. The number of benzene rings is 1. The highest BCUT2D eigenvalue weighted by Crippen LogP contribution is 2.07. The Morgan fingerprint density at radius 3 is 2.59 bits per heavy atom. The van der Waals surface area contributed by atoms with Crippen molar-refractivity contribution in [3.63, 3.8) is 0 Å². The van der Waals surface area contributed by atoms with Gasteiger partial charge in [0.25, 0.3) is 5.91 Å². The average molecular weight is 309 g/mol. The molecule has 8 heteroatoms. The molecule has 0 spiro atoms. The molecule has 1 amide bonds. The Morgan fingerprint density at radius 1 is 1.36 bits per heavy atom. The topological polar surface area (TPSA) is 133 Å². The molecule has 0 saturated heterocycles. The van der Waals surface area contributed by atoms with Crippen LogP contribution < -0.4 is 11.1 Å². The Morgan fingerprint density at radius 2 is 2.05 bits per heavy atom. The van der Waals surface area contributed by atoms with Crippen molar-refractivity contribution >= 4 is 23.4 Å². The highest BCUT2D eigenvalue weighted by molar-refractivity contribution is 6.42. The molecule has 1 aromatic rings. The predicted octanol–water partition coefficient (Wildman–Crippen LogP) is 0.194. The fourth-order valence-electron chi connectivity index (χ4n) is 1.76. The first-order chi connectivity index (χ1) is 10.4. The van der Waals surface area contributed by atoms with Gasteiger partial charge in [-0.05, 0) is 24.6 Å². The Kier molecular flexibility index (Phi) is 6.33. The summed E-state index contributed by atoms with van der Waals surface area (Å²) in [6, 6.07) is 5.02. The first-order valence-electron chi connectivity index (χ1n) is 6.45. The standard InChI is InChI=1S/C14H16FN3O4/c15-9-3-1-2-8(6-9)13(20)18-5-4-10(14(21)22)12(17)11(19)7-16/h1-3,6,10,17H,4-5,7,16H2,(H,18,20)(H,21,22). The van der Waals surface area contributed by atoms with Crippen LogP contribution in [0.4, 0.5) is 4.39 Å². The molecule has 0 aliphatic rings. The molecular weight excluding hydrogens is 293 g/mol.